The molecule has 1 aromatic rings. The highest BCUT2D eigenvalue weighted by molar-refractivity contribution is 14.2. The Morgan fingerprint density at radius 3 is 3.12 bits per heavy atom. The smallest absolute Gasteiger partial charge is 0.330 e. The molecule has 2 atom stereocenters. The van der Waals surface area contributed by atoms with E-state index in [-0.39, 0.29) is 12.3 Å². The van der Waals surface area contributed by atoms with Crippen molar-refractivity contribution in [3.05, 3.63) is 33.1 Å². The van der Waals surface area contributed by atoms with Crippen LogP contribution in [0.1, 0.15) is 19.1 Å². The third kappa shape index (κ3) is 3.33. The fourth-order valence-electron chi connectivity index (χ4n) is 1.77. The van der Waals surface area contributed by atoms with Gasteiger partial charge in [0.25, 0.3) is 5.56 Å². The Morgan fingerprint density at radius 1 is 1.59 bits per heavy atom. The van der Waals surface area contributed by atoms with Crippen LogP contribution in [0.5, 0.6) is 0 Å². The number of hydrogen-bond donors (Lipinski definition) is 1. The van der Waals surface area contributed by atoms with Crippen LogP contribution in [-0.4, -0.2) is 22.3 Å². The Balaban J connectivity index is 2.05. The van der Waals surface area contributed by atoms with Crippen LogP contribution in [0.3, 0.4) is 0 Å². The fourth-order valence-corrected chi connectivity index (χ4v) is 2.41. The third-order valence-corrected chi connectivity index (χ3v) is 3.53. The van der Waals surface area contributed by atoms with Gasteiger partial charge in [0.15, 0.2) is 0 Å². The van der Waals surface area contributed by atoms with Gasteiger partial charge in [-0.2, -0.15) is 0 Å². The van der Waals surface area contributed by atoms with Crippen LogP contribution in [0.15, 0.2) is 21.9 Å². The number of ether oxygens (including phenoxy) is 1. The van der Waals surface area contributed by atoms with E-state index in [2.05, 4.69) is 4.98 Å². The van der Waals surface area contributed by atoms with Gasteiger partial charge in [0.05, 0.1) is 21.9 Å². The topological polar surface area (TPSA) is 73.3 Å². The zero-order valence-electron chi connectivity index (χ0n) is 8.80. The van der Waals surface area contributed by atoms with Crippen LogP contribution >= 0.6 is 30.4 Å². The summed E-state index contributed by atoms with van der Waals surface area (Å²) >= 11 is 2.04. The van der Waals surface area contributed by atoms with E-state index in [9.17, 15) is 9.59 Å². The Morgan fingerprint density at radius 2 is 2.41 bits per heavy atom. The monoisotopic (exact) mass is 370 g/mol. The molecule has 17 heavy (non-hydrogen) atoms. The van der Waals surface area contributed by atoms with E-state index in [0.29, 0.717) is 6.61 Å². The molecule has 0 amide bonds. The predicted octanol–water partition coefficient (Wildman–Crippen LogP) is 1.23. The highest BCUT2D eigenvalue weighted by Crippen LogP contribution is 2.28. The minimum absolute atomic E-state index is 0.00101. The summed E-state index contributed by atoms with van der Waals surface area (Å²) in [4.78, 5) is 24.7. The summed E-state index contributed by atoms with van der Waals surface area (Å²) in [7, 11) is 1.26. The first kappa shape index (κ1) is 13.1. The lowest BCUT2D eigenvalue weighted by Crippen LogP contribution is -2.31. The maximum Gasteiger partial charge on any atom is 0.330 e. The van der Waals surface area contributed by atoms with Gasteiger partial charge in [-0.1, -0.05) is 0 Å². The first-order chi connectivity index (χ1) is 8.20. The number of nitrogens with zero attached hydrogens (tertiary/aromatic N) is 1. The van der Waals surface area contributed by atoms with Crippen molar-refractivity contribution in [2.75, 3.05) is 6.61 Å². The average Bonchev–Trinajstić information content (AvgIpc) is 2.75. The summed E-state index contributed by atoms with van der Waals surface area (Å²) in [6.45, 7) is 0.502. The Labute approximate surface area is 113 Å². The van der Waals surface area contributed by atoms with Crippen molar-refractivity contribution in [3.63, 3.8) is 0 Å². The maximum atomic E-state index is 11.5. The summed E-state index contributed by atoms with van der Waals surface area (Å²) in [5.74, 6) is 0. The fraction of sp³-hybridized carbons (Fsp3) is 0.556. The van der Waals surface area contributed by atoms with Crippen LogP contribution in [-0.2, 0) is 8.92 Å². The molecular formula is C9H11IN2O4S. The van der Waals surface area contributed by atoms with Crippen molar-refractivity contribution in [3.8, 4) is 0 Å². The zero-order valence-corrected chi connectivity index (χ0v) is 11.8. The molecule has 1 saturated heterocycles. The summed E-state index contributed by atoms with van der Waals surface area (Å²) in [5.41, 5.74) is -0.835. The molecule has 6 nitrogen and oxygen atoms in total. The zero-order chi connectivity index (χ0) is 12.3. The van der Waals surface area contributed by atoms with Gasteiger partial charge >= 0.3 is 5.69 Å². The van der Waals surface area contributed by atoms with Crippen molar-refractivity contribution in [2.45, 2.75) is 25.2 Å². The quantitative estimate of drug-likeness (QED) is 0.638. The highest BCUT2D eigenvalue weighted by atomic mass is 127. The lowest BCUT2D eigenvalue weighted by molar-refractivity contribution is -0.0167. The Hall–Kier alpha value is -0.320. The lowest BCUT2D eigenvalue weighted by Gasteiger charge is -2.14. The molecule has 0 spiro atoms. The number of aromatic nitrogens is 2. The summed E-state index contributed by atoms with van der Waals surface area (Å²) < 4.78 is 12.3. The van der Waals surface area contributed by atoms with E-state index in [1.54, 1.807) is 0 Å². The first-order valence-corrected chi connectivity index (χ1v) is 8.36. The van der Waals surface area contributed by atoms with Crippen LogP contribution in [0.2, 0.25) is 0 Å². The number of halogens is 1. The standard InChI is InChI=1S/C9H11IN2O4S/c10-17-15-5-6-1-2-8(16-6)12-4-3-7(13)11-9(12)14/h3-4,6,8H,1-2,5H2,(H,11,13,14). The van der Waals surface area contributed by atoms with E-state index in [4.69, 9.17) is 8.92 Å². The molecule has 2 unspecified atom stereocenters. The Bertz CT molecular complexity index is 488. The minimum atomic E-state index is -0.438. The average molecular weight is 370 g/mol. The van der Waals surface area contributed by atoms with Gasteiger partial charge in [-0.15, -0.1) is 0 Å². The molecule has 0 aliphatic carbocycles. The van der Waals surface area contributed by atoms with Crippen molar-refractivity contribution >= 4 is 30.4 Å². The number of aromatic amines is 1. The Kier molecular flexibility index (Phi) is 4.65. The van der Waals surface area contributed by atoms with Crippen molar-refractivity contribution in [1.82, 2.24) is 9.55 Å². The second-order valence-corrected chi connectivity index (χ2v) is 5.10. The number of hydrogen-bond acceptors (Lipinski definition) is 5. The molecule has 8 heteroatoms. The van der Waals surface area contributed by atoms with Gasteiger partial charge in [0, 0.05) is 33.5 Å². The van der Waals surface area contributed by atoms with E-state index in [0.717, 1.165) is 12.8 Å². The van der Waals surface area contributed by atoms with Gasteiger partial charge in [-0.05, 0) is 12.8 Å². The van der Waals surface area contributed by atoms with E-state index in [1.165, 1.54) is 26.0 Å². The van der Waals surface area contributed by atoms with E-state index < -0.39 is 11.2 Å². The normalized spacial score (nSPS) is 24.1. The molecule has 2 rings (SSSR count). The summed E-state index contributed by atoms with van der Waals surface area (Å²) in [5, 5.41) is 0. The minimum Gasteiger partial charge on any atom is -0.352 e. The molecule has 1 aromatic heterocycles. The molecule has 1 N–H and O–H groups in total. The van der Waals surface area contributed by atoms with Crippen LogP contribution < -0.4 is 11.2 Å². The number of nitrogens with one attached hydrogen (secondary N) is 1. The molecule has 1 aliphatic heterocycles. The van der Waals surface area contributed by atoms with Crippen molar-refractivity contribution in [2.24, 2.45) is 0 Å². The molecule has 0 bridgehead atoms. The van der Waals surface area contributed by atoms with Gasteiger partial charge < -0.3 is 8.92 Å². The van der Waals surface area contributed by atoms with Gasteiger partial charge in [0.1, 0.15) is 6.23 Å². The van der Waals surface area contributed by atoms with E-state index >= 15 is 0 Å². The summed E-state index contributed by atoms with van der Waals surface area (Å²) in [6.07, 6.45) is 2.73. The predicted molar refractivity (Wildman–Crippen MR) is 72.0 cm³/mol. The highest BCUT2D eigenvalue weighted by Gasteiger charge is 2.27. The van der Waals surface area contributed by atoms with Gasteiger partial charge in [0.2, 0.25) is 0 Å². The largest absolute Gasteiger partial charge is 0.352 e. The second kappa shape index (κ2) is 6.03. The second-order valence-electron chi connectivity index (χ2n) is 3.66. The van der Waals surface area contributed by atoms with Crippen LogP contribution in [0.4, 0.5) is 0 Å². The van der Waals surface area contributed by atoms with Gasteiger partial charge in [-0.25, -0.2) is 4.79 Å². The lowest BCUT2D eigenvalue weighted by atomic mass is 10.2. The van der Waals surface area contributed by atoms with Crippen molar-refractivity contribution in [1.29, 1.82) is 0 Å². The number of H-pyrrole nitrogens is 1. The molecule has 1 aliphatic rings. The summed E-state index contributed by atoms with van der Waals surface area (Å²) in [6, 6.07) is 1.31. The third-order valence-electron chi connectivity index (χ3n) is 2.55. The molecule has 94 valence electrons. The molecule has 0 radical (unpaired) electrons. The van der Waals surface area contributed by atoms with Crippen LogP contribution in [0, 0.1) is 0 Å². The SMILES string of the molecule is O=c1ccn(C2CCC(COSI)O2)c(=O)[nH]1. The van der Waals surface area contributed by atoms with Crippen molar-refractivity contribution < 1.29 is 8.92 Å². The molecule has 0 aromatic carbocycles. The first-order valence-electron chi connectivity index (χ1n) is 5.08. The number of rotatable bonds is 4. The molecule has 0 saturated carbocycles. The maximum absolute atomic E-state index is 11.5. The molecule has 1 fully saturated rings. The molecular weight excluding hydrogens is 359 g/mol. The van der Waals surface area contributed by atoms with Crippen LogP contribution in [0.25, 0.3) is 0 Å². The molecule has 2 heterocycles. The van der Waals surface area contributed by atoms with Gasteiger partial charge in [-0.3, -0.25) is 14.3 Å². The van der Waals surface area contributed by atoms with E-state index in [1.807, 2.05) is 21.2 Å².